The fourth-order valence-electron chi connectivity index (χ4n) is 2.53. The number of rotatable bonds is 4. The summed E-state index contributed by atoms with van der Waals surface area (Å²) in [6.07, 6.45) is 0. The largest absolute Gasteiger partial charge is 0.507 e. The zero-order valence-corrected chi connectivity index (χ0v) is 12.5. The molecule has 4 heteroatoms. The maximum Gasteiger partial charge on any atom is 0.138 e. The van der Waals surface area contributed by atoms with E-state index in [0.29, 0.717) is 23.1 Å². The number of hydrogen-bond acceptors (Lipinski definition) is 2. The SMILES string of the molecule is CCn1c(COc2ccccc2Cl)cc2c(O)cccc21. The van der Waals surface area contributed by atoms with Crippen molar-refractivity contribution in [2.75, 3.05) is 0 Å². The molecule has 0 atom stereocenters. The number of nitrogens with zero attached hydrogens (tertiary/aromatic N) is 1. The Morgan fingerprint density at radius 2 is 1.95 bits per heavy atom. The molecule has 0 aliphatic carbocycles. The maximum atomic E-state index is 9.96. The first-order chi connectivity index (χ1) is 10.2. The molecule has 1 N–H and O–H groups in total. The van der Waals surface area contributed by atoms with Crippen molar-refractivity contribution in [3.05, 3.63) is 59.2 Å². The molecule has 3 aromatic rings. The second-order valence-electron chi connectivity index (χ2n) is 4.81. The number of ether oxygens (including phenoxy) is 1. The lowest BCUT2D eigenvalue weighted by Crippen LogP contribution is -2.04. The van der Waals surface area contributed by atoms with Crippen LogP contribution in [0.15, 0.2) is 48.5 Å². The number of fused-ring (bicyclic) bond motifs is 1. The third kappa shape index (κ3) is 2.57. The Hall–Kier alpha value is -2.13. The van der Waals surface area contributed by atoms with Gasteiger partial charge in [0.2, 0.25) is 0 Å². The molecule has 3 rings (SSSR count). The summed E-state index contributed by atoms with van der Waals surface area (Å²) in [4.78, 5) is 0. The number of hydrogen-bond donors (Lipinski definition) is 1. The van der Waals surface area contributed by atoms with E-state index in [1.54, 1.807) is 12.1 Å². The van der Waals surface area contributed by atoms with E-state index in [9.17, 15) is 5.11 Å². The number of phenolic OH excluding ortho intramolecular Hbond substituents is 1. The molecule has 0 bridgehead atoms. The van der Waals surface area contributed by atoms with Crippen LogP contribution in [0.2, 0.25) is 5.02 Å². The van der Waals surface area contributed by atoms with E-state index in [1.807, 2.05) is 36.4 Å². The van der Waals surface area contributed by atoms with Gasteiger partial charge in [0.15, 0.2) is 0 Å². The predicted molar refractivity (Wildman–Crippen MR) is 85.1 cm³/mol. The fourth-order valence-corrected chi connectivity index (χ4v) is 2.72. The Bertz CT molecular complexity index is 780. The molecule has 0 spiro atoms. The minimum atomic E-state index is 0.290. The van der Waals surface area contributed by atoms with Gasteiger partial charge in [0.05, 0.1) is 16.2 Å². The summed E-state index contributed by atoms with van der Waals surface area (Å²) in [7, 11) is 0. The number of aromatic hydroxyl groups is 1. The van der Waals surface area contributed by atoms with Gasteiger partial charge in [-0.05, 0) is 37.3 Å². The third-order valence-electron chi connectivity index (χ3n) is 3.54. The van der Waals surface area contributed by atoms with Crippen molar-refractivity contribution < 1.29 is 9.84 Å². The highest BCUT2D eigenvalue weighted by Gasteiger charge is 2.11. The Balaban J connectivity index is 1.94. The van der Waals surface area contributed by atoms with Crippen LogP contribution in [0.1, 0.15) is 12.6 Å². The monoisotopic (exact) mass is 301 g/mol. The summed E-state index contributed by atoms with van der Waals surface area (Å²) in [6.45, 7) is 3.29. The highest BCUT2D eigenvalue weighted by molar-refractivity contribution is 6.32. The van der Waals surface area contributed by atoms with Crippen LogP contribution >= 0.6 is 11.6 Å². The molecular weight excluding hydrogens is 286 g/mol. The van der Waals surface area contributed by atoms with Crippen LogP contribution < -0.4 is 4.74 Å². The number of phenols is 1. The summed E-state index contributed by atoms with van der Waals surface area (Å²) < 4.78 is 7.93. The van der Waals surface area contributed by atoms with Gasteiger partial charge in [-0.3, -0.25) is 0 Å². The molecule has 2 aromatic carbocycles. The summed E-state index contributed by atoms with van der Waals surface area (Å²) in [5, 5.41) is 11.4. The second kappa shape index (κ2) is 5.70. The summed E-state index contributed by atoms with van der Waals surface area (Å²) >= 11 is 6.10. The van der Waals surface area contributed by atoms with E-state index in [4.69, 9.17) is 16.3 Å². The van der Waals surface area contributed by atoms with Crippen LogP contribution in [-0.2, 0) is 13.2 Å². The van der Waals surface area contributed by atoms with E-state index in [1.165, 1.54) is 0 Å². The summed E-state index contributed by atoms with van der Waals surface area (Å²) in [5.74, 6) is 0.954. The van der Waals surface area contributed by atoms with Gasteiger partial charge in [0.25, 0.3) is 0 Å². The molecule has 0 saturated carbocycles. The quantitative estimate of drug-likeness (QED) is 0.764. The molecule has 3 nitrogen and oxygen atoms in total. The highest BCUT2D eigenvalue weighted by atomic mass is 35.5. The lowest BCUT2D eigenvalue weighted by molar-refractivity contribution is 0.296. The van der Waals surface area contributed by atoms with Crippen molar-refractivity contribution in [3.63, 3.8) is 0 Å². The second-order valence-corrected chi connectivity index (χ2v) is 5.22. The van der Waals surface area contributed by atoms with Crippen LogP contribution in [0.25, 0.3) is 10.9 Å². The molecular formula is C17H16ClNO2. The van der Waals surface area contributed by atoms with Crippen LogP contribution in [0, 0.1) is 0 Å². The molecule has 0 amide bonds. The maximum absolute atomic E-state index is 9.96. The van der Waals surface area contributed by atoms with Crippen molar-refractivity contribution in [3.8, 4) is 11.5 Å². The van der Waals surface area contributed by atoms with Crippen LogP contribution in [0.3, 0.4) is 0 Å². The topological polar surface area (TPSA) is 34.4 Å². The van der Waals surface area contributed by atoms with Gasteiger partial charge in [-0.2, -0.15) is 0 Å². The van der Waals surface area contributed by atoms with E-state index >= 15 is 0 Å². The Morgan fingerprint density at radius 3 is 2.71 bits per heavy atom. The van der Waals surface area contributed by atoms with Crippen molar-refractivity contribution in [1.82, 2.24) is 4.57 Å². The smallest absolute Gasteiger partial charge is 0.138 e. The van der Waals surface area contributed by atoms with Gasteiger partial charge in [0.1, 0.15) is 18.1 Å². The number of halogens is 1. The zero-order chi connectivity index (χ0) is 14.8. The minimum absolute atomic E-state index is 0.290. The van der Waals surface area contributed by atoms with Crippen LogP contribution in [0.4, 0.5) is 0 Å². The van der Waals surface area contributed by atoms with Gasteiger partial charge in [-0.1, -0.05) is 29.8 Å². The summed E-state index contributed by atoms with van der Waals surface area (Å²) in [5.41, 5.74) is 2.02. The Morgan fingerprint density at radius 1 is 1.14 bits per heavy atom. The molecule has 0 unspecified atom stereocenters. The van der Waals surface area contributed by atoms with Crippen molar-refractivity contribution in [2.45, 2.75) is 20.1 Å². The first-order valence-corrected chi connectivity index (χ1v) is 7.26. The zero-order valence-electron chi connectivity index (χ0n) is 11.7. The molecule has 1 aromatic heterocycles. The molecule has 0 saturated heterocycles. The van der Waals surface area contributed by atoms with E-state index in [2.05, 4.69) is 11.5 Å². The van der Waals surface area contributed by atoms with E-state index < -0.39 is 0 Å². The molecule has 0 aliphatic heterocycles. The molecule has 108 valence electrons. The predicted octanol–water partition coefficient (Wildman–Crippen LogP) is 4.60. The minimum Gasteiger partial charge on any atom is -0.507 e. The fraction of sp³-hybridized carbons (Fsp3) is 0.176. The molecule has 0 radical (unpaired) electrons. The Kier molecular flexibility index (Phi) is 3.76. The summed E-state index contributed by atoms with van der Waals surface area (Å²) in [6, 6.07) is 14.9. The number of aryl methyl sites for hydroxylation is 1. The number of benzene rings is 2. The number of para-hydroxylation sites is 1. The van der Waals surface area contributed by atoms with Gasteiger partial charge in [-0.15, -0.1) is 0 Å². The number of aromatic nitrogens is 1. The molecule has 21 heavy (non-hydrogen) atoms. The van der Waals surface area contributed by atoms with Crippen LogP contribution in [-0.4, -0.2) is 9.67 Å². The van der Waals surface area contributed by atoms with E-state index in [0.717, 1.165) is 23.1 Å². The lowest BCUT2D eigenvalue weighted by Gasteiger charge is -2.10. The third-order valence-corrected chi connectivity index (χ3v) is 3.85. The van der Waals surface area contributed by atoms with Gasteiger partial charge in [0, 0.05) is 11.9 Å². The average molecular weight is 302 g/mol. The molecule has 0 aliphatic rings. The van der Waals surface area contributed by atoms with Gasteiger partial charge >= 0.3 is 0 Å². The van der Waals surface area contributed by atoms with Gasteiger partial charge in [-0.25, -0.2) is 0 Å². The van der Waals surface area contributed by atoms with Gasteiger partial charge < -0.3 is 14.4 Å². The average Bonchev–Trinajstić information content (AvgIpc) is 2.85. The first kappa shape index (κ1) is 13.8. The highest BCUT2D eigenvalue weighted by Crippen LogP contribution is 2.29. The van der Waals surface area contributed by atoms with Crippen molar-refractivity contribution >= 4 is 22.5 Å². The molecule has 0 fully saturated rings. The lowest BCUT2D eigenvalue weighted by atomic mass is 10.2. The normalized spacial score (nSPS) is 11.0. The van der Waals surface area contributed by atoms with E-state index in [-0.39, 0.29) is 0 Å². The molecule has 1 heterocycles. The van der Waals surface area contributed by atoms with Crippen LogP contribution in [0.5, 0.6) is 11.5 Å². The Labute approximate surface area is 128 Å². The standard InChI is InChI=1S/C17H16ClNO2/c1-2-19-12(10-13-15(19)7-5-8-16(13)20)11-21-17-9-4-3-6-14(17)18/h3-10,20H,2,11H2,1H3. The first-order valence-electron chi connectivity index (χ1n) is 6.88. The van der Waals surface area contributed by atoms with Crippen molar-refractivity contribution in [2.24, 2.45) is 0 Å². The van der Waals surface area contributed by atoms with Crippen molar-refractivity contribution in [1.29, 1.82) is 0 Å².